The van der Waals surface area contributed by atoms with Gasteiger partial charge in [-0.05, 0) is 49.9 Å². The lowest BCUT2D eigenvalue weighted by Crippen LogP contribution is -2.46. The molecule has 4 heteroatoms. The molecule has 4 nitrogen and oxygen atoms in total. The fourth-order valence-electron chi connectivity index (χ4n) is 3.29. The third kappa shape index (κ3) is 3.70. The Labute approximate surface area is 143 Å². The minimum absolute atomic E-state index is 0.0102. The summed E-state index contributed by atoms with van der Waals surface area (Å²) in [5.41, 5.74) is 6.99. The van der Waals surface area contributed by atoms with Crippen LogP contribution in [-0.4, -0.2) is 35.2 Å². The molecule has 1 aliphatic rings. The van der Waals surface area contributed by atoms with Gasteiger partial charge in [0.1, 0.15) is 5.60 Å². The van der Waals surface area contributed by atoms with E-state index in [0.29, 0.717) is 6.54 Å². The lowest BCUT2D eigenvalue weighted by molar-refractivity contribution is 0.0220. The van der Waals surface area contributed by atoms with Crippen molar-refractivity contribution in [2.45, 2.75) is 51.3 Å². The topological polar surface area (TPSA) is 55.6 Å². The van der Waals surface area contributed by atoms with Gasteiger partial charge in [0.05, 0.1) is 6.04 Å². The molecule has 1 saturated heterocycles. The first-order valence-corrected chi connectivity index (χ1v) is 8.56. The quantitative estimate of drug-likeness (QED) is 0.915. The largest absolute Gasteiger partial charge is 0.444 e. The summed E-state index contributed by atoms with van der Waals surface area (Å²) in [4.78, 5) is 14.3. The van der Waals surface area contributed by atoms with Gasteiger partial charge in [0.2, 0.25) is 0 Å². The molecule has 0 saturated carbocycles. The normalized spacial score (nSPS) is 21.2. The molecule has 1 fully saturated rings. The maximum absolute atomic E-state index is 12.5. The van der Waals surface area contributed by atoms with Crippen LogP contribution in [0, 0.1) is 0 Å². The van der Waals surface area contributed by atoms with E-state index >= 15 is 0 Å². The van der Waals surface area contributed by atoms with Gasteiger partial charge in [-0.3, -0.25) is 0 Å². The Kier molecular flexibility index (Phi) is 4.50. The van der Waals surface area contributed by atoms with Crippen LogP contribution in [0.15, 0.2) is 42.5 Å². The zero-order chi connectivity index (χ0) is 17.3. The first kappa shape index (κ1) is 16.8. The predicted octanol–water partition coefficient (Wildman–Crippen LogP) is 3.72. The average molecular weight is 326 g/mol. The second-order valence-electron chi connectivity index (χ2n) is 7.58. The number of hydrogen-bond donors (Lipinski definition) is 1. The molecule has 1 aliphatic heterocycles. The lowest BCUT2D eigenvalue weighted by atomic mass is 9.98. The van der Waals surface area contributed by atoms with Gasteiger partial charge < -0.3 is 15.4 Å². The van der Waals surface area contributed by atoms with Gasteiger partial charge in [-0.25, -0.2) is 4.79 Å². The third-order valence-corrected chi connectivity index (χ3v) is 4.48. The number of ether oxygens (including phenoxy) is 1. The zero-order valence-electron chi connectivity index (χ0n) is 14.7. The number of nitrogens with two attached hydrogens (primary N) is 1. The summed E-state index contributed by atoms with van der Waals surface area (Å²) in [6, 6.07) is 14.7. The van der Waals surface area contributed by atoms with Crippen LogP contribution in [0.3, 0.4) is 0 Å². The standard InChI is InChI=1S/C20H26N2O2/c1-20(2,3)24-19(23)22-11-10-17(21)18(22)13-14-8-9-15-6-4-5-7-16(15)12-14/h4-9,12,17-18H,10-11,13,21H2,1-3H3/t17-,18+/m1/s1. The van der Waals surface area contributed by atoms with E-state index in [9.17, 15) is 4.79 Å². The van der Waals surface area contributed by atoms with Crippen LogP contribution in [0.5, 0.6) is 0 Å². The molecule has 0 aliphatic carbocycles. The van der Waals surface area contributed by atoms with Crippen molar-refractivity contribution in [3.8, 4) is 0 Å². The second-order valence-corrected chi connectivity index (χ2v) is 7.58. The van der Waals surface area contributed by atoms with Crippen LogP contribution in [0.2, 0.25) is 0 Å². The molecule has 0 radical (unpaired) electrons. The van der Waals surface area contributed by atoms with E-state index in [2.05, 4.69) is 30.3 Å². The molecule has 2 N–H and O–H groups in total. The Bertz CT molecular complexity index is 736. The number of carbonyl (C=O) groups excluding carboxylic acids is 1. The van der Waals surface area contributed by atoms with E-state index in [1.807, 2.05) is 32.9 Å². The molecule has 1 heterocycles. The Morgan fingerprint density at radius 1 is 1.21 bits per heavy atom. The van der Waals surface area contributed by atoms with Gasteiger partial charge in [-0.15, -0.1) is 0 Å². The SMILES string of the molecule is CC(C)(C)OC(=O)N1CC[C@@H](N)[C@@H]1Cc1ccc2ccccc2c1. The zero-order valence-corrected chi connectivity index (χ0v) is 14.7. The summed E-state index contributed by atoms with van der Waals surface area (Å²) in [5, 5.41) is 2.44. The maximum atomic E-state index is 12.5. The molecule has 2 aromatic rings. The number of hydrogen-bond acceptors (Lipinski definition) is 3. The summed E-state index contributed by atoms with van der Waals surface area (Å²) < 4.78 is 5.54. The van der Waals surface area contributed by atoms with E-state index in [0.717, 1.165) is 12.8 Å². The highest BCUT2D eigenvalue weighted by atomic mass is 16.6. The molecule has 0 aromatic heterocycles. The molecule has 2 atom stereocenters. The van der Waals surface area contributed by atoms with Crippen molar-refractivity contribution in [1.29, 1.82) is 0 Å². The van der Waals surface area contributed by atoms with Crippen LogP contribution in [-0.2, 0) is 11.2 Å². The summed E-state index contributed by atoms with van der Waals surface area (Å²) in [6.45, 7) is 6.33. The first-order valence-electron chi connectivity index (χ1n) is 8.56. The van der Waals surface area contributed by atoms with Gasteiger partial charge in [0.15, 0.2) is 0 Å². The highest BCUT2D eigenvalue weighted by molar-refractivity contribution is 5.83. The summed E-state index contributed by atoms with van der Waals surface area (Å²) in [7, 11) is 0. The number of benzene rings is 2. The van der Waals surface area contributed by atoms with Gasteiger partial charge in [0, 0.05) is 12.6 Å². The van der Waals surface area contributed by atoms with Gasteiger partial charge in [0.25, 0.3) is 0 Å². The van der Waals surface area contributed by atoms with Crippen molar-refractivity contribution in [1.82, 2.24) is 4.90 Å². The smallest absolute Gasteiger partial charge is 0.410 e. The Balaban J connectivity index is 1.78. The number of nitrogens with zero attached hydrogens (tertiary/aromatic N) is 1. The predicted molar refractivity (Wildman–Crippen MR) is 97.0 cm³/mol. The molecule has 1 amide bonds. The third-order valence-electron chi connectivity index (χ3n) is 4.48. The van der Waals surface area contributed by atoms with Crippen molar-refractivity contribution in [2.24, 2.45) is 5.73 Å². The molecule has 0 spiro atoms. The minimum Gasteiger partial charge on any atom is -0.444 e. The number of amides is 1. The molecule has 0 bridgehead atoms. The summed E-state index contributed by atoms with van der Waals surface area (Å²) in [6.07, 6.45) is 1.31. The molecule has 3 rings (SSSR count). The Morgan fingerprint density at radius 3 is 2.62 bits per heavy atom. The monoisotopic (exact) mass is 326 g/mol. The van der Waals surface area contributed by atoms with Crippen molar-refractivity contribution in [3.05, 3.63) is 48.0 Å². The highest BCUT2D eigenvalue weighted by Gasteiger charge is 2.37. The highest BCUT2D eigenvalue weighted by Crippen LogP contribution is 2.25. The van der Waals surface area contributed by atoms with Crippen LogP contribution >= 0.6 is 0 Å². The van der Waals surface area contributed by atoms with Crippen molar-refractivity contribution in [3.63, 3.8) is 0 Å². The Hall–Kier alpha value is -2.07. The van der Waals surface area contributed by atoms with Gasteiger partial charge in [-0.1, -0.05) is 42.5 Å². The molecular formula is C20H26N2O2. The molecule has 2 aromatic carbocycles. The molecular weight excluding hydrogens is 300 g/mol. The van der Waals surface area contributed by atoms with Crippen LogP contribution < -0.4 is 5.73 Å². The fourth-order valence-corrected chi connectivity index (χ4v) is 3.29. The molecule has 24 heavy (non-hydrogen) atoms. The van der Waals surface area contributed by atoms with E-state index < -0.39 is 5.60 Å². The van der Waals surface area contributed by atoms with Crippen molar-refractivity contribution < 1.29 is 9.53 Å². The lowest BCUT2D eigenvalue weighted by Gasteiger charge is -2.30. The number of carbonyl (C=O) groups is 1. The fraction of sp³-hybridized carbons (Fsp3) is 0.450. The van der Waals surface area contributed by atoms with E-state index in [1.165, 1.54) is 16.3 Å². The Morgan fingerprint density at radius 2 is 1.92 bits per heavy atom. The molecule has 128 valence electrons. The maximum Gasteiger partial charge on any atom is 0.410 e. The second kappa shape index (κ2) is 6.44. The summed E-state index contributed by atoms with van der Waals surface area (Å²) in [5.74, 6) is 0. The first-order chi connectivity index (χ1) is 11.3. The van der Waals surface area contributed by atoms with E-state index in [4.69, 9.17) is 10.5 Å². The van der Waals surface area contributed by atoms with Crippen LogP contribution in [0.25, 0.3) is 10.8 Å². The van der Waals surface area contributed by atoms with Gasteiger partial charge in [-0.2, -0.15) is 0 Å². The number of fused-ring (bicyclic) bond motifs is 1. The van der Waals surface area contributed by atoms with E-state index in [-0.39, 0.29) is 18.2 Å². The van der Waals surface area contributed by atoms with Crippen LogP contribution in [0.1, 0.15) is 32.8 Å². The minimum atomic E-state index is -0.489. The van der Waals surface area contributed by atoms with Gasteiger partial charge >= 0.3 is 6.09 Å². The van der Waals surface area contributed by atoms with Crippen LogP contribution in [0.4, 0.5) is 4.79 Å². The average Bonchev–Trinajstić information content (AvgIpc) is 2.87. The summed E-state index contributed by atoms with van der Waals surface area (Å²) >= 11 is 0. The van der Waals surface area contributed by atoms with Crippen molar-refractivity contribution >= 4 is 16.9 Å². The van der Waals surface area contributed by atoms with Crippen molar-refractivity contribution in [2.75, 3.05) is 6.54 Å². The number of likely N-dealkylation sites (tertiary alicyclic amines) is 1. The molecule has 0 unspecified atom stereocenters. The van der Waals surface area contributed by atoms with E-state index in [1.54, 1.807) is 4.90 Å². The number of rotatable bonds is 2.